The second-order valence-corrected chi connectivity index (χ2v) is 2.53. The second-order valence-electron chi connectivity index (χ2n) is 2.09. The third-order valence-electron chi connectivity index (χ3n) is 1.36. The molecule has 0 aromatic rings. The van der Waals surface area contributed by atoms with Crippen molar-refractivity contribution in [2.45, 2.75) is 6.42 Å². The molecule has 0 aromatic heterocycles. The lowest BCUT2D eigenvalue weighted by Gasteiger charge is -2.07. The SMILES string of the molecule is C=CC1C=C(Cl)C=CC1. The van der Waals surface area contributed by atoms with Crippen LogP contribution >= 0.6 is 11.6 Å². The van der Waals surface area contributed by atoms with Gasteiger partial charge in [-0.3, -0.25) is 0 Å². The molecule has 1 atom stereocenters. The molecule has 0 amide bonds. The molecule has 1 aliphatic carbocycles. The van der Waals surface area contributed by atoms with Gasteiger partial charge < -0.3 is 0 Å². The Bertz CT molecular complexity index is 165. The molecule has 1 unspecified atom stereocenters. The van der Waals surface area contributed by atoms with Crippen LogP contribution in [0.3, 0.4) is 0 Å². The van der Waals surface area contributed by atoms with E-state index in [1.165, 1.54) is 0 Å². The summed E-state index contributed by atoms with van der Waals surface area (Å²) < 4.78 is 0. The summed E-state index contributed by atoms with van der Waals surface area (Å²) in [6, 6.07) is 0. The van der Waals surface area contributed by atoms with Gasteiger partial charge in [0.1, 0.15) is 0 Å². The van der Waals surface area contributed by atoms with E-state index in [2.05, 4.69) is 12.7 Å². The Hall–Kier alpha value is -0.490. The summed E-state index contributed by atoms with van der Waals surface area (Å²) >= 11 is 5.72. The van der Waals surface area contributed by atoms with E-state index in [-0.39, 0.29) is 0 Å². The van der Waals surface area contributed by atoms with Crippen LogP contribution < -0.4 is 0 Å². The van der Waals surface area contributed by atoms with Crippen LogP contribution in [-0.4, -0.2) is 0 Å². The highest BCUT2D eigenvalue weighted by atomic mass is 35.5. The Kier molecular flexibility index (Phi) is 2.12. The van der Waals surface area contributed by atoms with Crippen molar-refractivity contribution >= 4 is 11.6 Å². The van der Waals surface area contributed by atoms with Crippen LogP contribution in [0.2, 0.25) is 0 Å². The summed E-state index contributed by atoms with van der Waals surface area (Å²) in [5.74, 6) is 0.447. The van der Waals surface area contributed by atoms with Gasteiger partial charge in [-0.25, -0.2) is 0 Å². The first-order valence-electron chi connectivity index (χ1n) is 2.99. The lowest BCUT2D eigenvalue weighted by atomic mass is 10.0. The fourth-order valence-corrected chi connectivity index (χ4v) is 1.08. The van der Waals surface area contributed by atoms with Crippen molar-refractivity contribution in [2.75, 3.05) is 0 Å². The van der Waals surface area contributed by atoms with E-state index in [1.54, 1.807) is 0 Å². The summed E-state index contributed by atoms with van der Waals surface area (Å²) in [4.78, 5) is 0. The van der Waals surface area contributed by atoms with Crippen LogP contribution in [0.5, 0.6) is 0 Å². The molecule has 1 rings (SSSR count). The highest BCUT2D eigenvalue weighted by Gasteiger charge is 2.01. The van der Waals surface area contributed by atoms with Gasteiger partial charge in [0.25, 0.3) is 0 Å². The summed E-state index contributed by atoms with van der Waals surface area (Å²) in [5, 5.41) is 0.825. The number of halogens is 1. The van der Waals surface area contributed by atoms with Gasteiger partial charge in [-0.15, -0.1) is 6.58 Å². The first-order chi connectivity index (χ1) is 4.33. The lowest BCUT2D eigenvalue weighted by molar-refractivity contribution is 0.822. The molecule has 9 heavy (non-hydrogen) atoms. The molecular formula is C8H9Cl. The smallest absolute Gasteiger partial charge is 0.0369 e. The normalized spacial score (nSPS) is 25.4. The van der Waals surface area contributed by atoms with Crippen molar-refractivity contribution in [2.24, 2.45) is 5.92 Å². The fraction of sp³-hybridized carbons (Fsp3) is 0.250. The van der Waals surface area contributed by atoms with Gasteiger partial charge in [-0.1, -0.05) is 29.8 Å². The Morgan fingerprint density at radius 3 is 3.00 bits per heavy atom. The zero-order valence-electron chi connectivity index (χ0n) is 5.18. The third-order valence-corrected chi connectivity index (χ3v) is 1.61. The zero-order valence-corrected chi connectivity index (χ0v) is 5.93. The molecule has 0 radical (unpaired) electrons. The van der Waals surface area contributed by atoms with Crippen LogP contribution in [0.1, 0.15) is 6.42 Å². The van der Waals surface area contributed by atoms with Gasteiger partial charge in [0.15, 0.2) is 0 Å². The molecule has 0 aliphatic heterocycles. The minimum absolute atomic E-state index is 0.447. The van der Waals surface area contributed by atoms with Gasteiger partial charge in [0.05, 0.1) is 0 Å². The molecule has 1 aliphatic rings. The van der Waals surface area contributed by atoms with Crippen molar-refractivity contribution in [3.8, 4) is 0 Å². The van der Waals surface area contributed by atoms with Crippen molar-refractivity contribution in [3.63, 3.8) is 0 Å². The van der Waals surface area contributed by atoms with E-state index < -0.39 is 0 Å². The molecule has 1 heteroatoms. The maximum atomic E-state index is 5.72. The van der Waals surface area contributed by atoms with Crippen LogP contribution in [0.4, 0.5) is 0 Å². The van der Waals surface area contributed by atoms with Gasteiger partial charge in [-0.05, 0) is 18.4 Å². The average molecular weight is 141 g/mol. The van der Waals surface area contributed by atoms with E-state index in [4.69, 9.17) is 11.6 Å². The lowest BCUT2D eigenvalue weighted by Crippen LogP contribution is -1.92. The number of hydrogen-bond donors (Lipinski definition) is 0. The second kappa shape index (κ2) is 2.88. The van der Waals surface area contributed by atoms with E-state index in [1.807, 2.05) is 18.2 Å². The minimum Gasteiger partial charge on any atom is -0.102 e. The topological polar surface area (TPSA) is 0 Å². The first kappa shape index (κ1) is 6.63. The average Bonchev–Trinajstić information content (AvgIpc) is 1.88. The van der Waals surface area contributed by atoms with Crippen molar-refractivity contribution in [1.29, 1.82) is 0 Å². The molecule has 0 heterocycles. The molecule has 0 fully saturated rings. The quantitative estimate of drug-likeness (QED) is 0.492. The highest BCUT2D eigenvalue weighted by molar-refractivity contribution is 6.31. The Balaban J connectivity index is 2.65. The molecule has 0 bridgehead atoms. The van der Waals surface area contributed by atoms with Gasteiger partial charge >= 0.3 is 0 Å². The van der Waals surface area contributed by atoms with Crippen molar-refractivity contribution in [1.82, 2.24) is 0 Å². The van der Waals surface area contributed by atoms with E-state index in [0.717, 1.165) is 11.5 Å². The van der Waals surface area contributed by atoms with Crippen LogP contribution in [0.25, 0.3) is 0 Å². The van der Waals surface area contributed by atoms with E-state index in [9.17, 15) is 0 Å². The maximum Gasteiger partial charge on any atom is 0.0369 e. The predicted octanol–water partition coefficient (Wildman–Crippen LogP) is 2.87. The number of hydrogen-bond acceptors (Lipinski definition) is 0. The molecule has 0 saturated carbocycles. The highest BCUT2D eigenvalue weighted by Crippen LogP contribution is 2.19. The Morgan fingerprint density at radius 1 is 1.78 bits per heavy atom. The van der Waals surface area contributed by atoms with Crippen LogP contribution in [0, 0.1) is 5.92 Å². The summed E-state index contributed by atoms with van der Waals surface area (Å²) in [6.45, 7) is 3.68. The monoisotopic (exact) mass is 140 g/mol. The Labute approximate surface area is 60.5 Å². The standard InChI is InChI=1S/C8H9Cl/c1-2-7-4-3-5-8(9)6-7/h2-3,5-7H,1,4H2. The molecular weight excluding hydrogens is 132 g/mol. The minimum atomic E-state index is 0.447. The van der Waals surface area contributed by atoms with Crippen molar-refractivity contribution < 1.29 is 0 Å². The van der Waals surface area contributed by atoms with Gasteiger partial charge in [-0.2, -0.15) is 0 Å². The zero-order chi connectivity index (χ0) is 6.69. The largest absolute Gasteiger partial charge is 0.102 e. The van der Waals surface area contributed by atoms with Crippen LogP contribution in [0.15, 0.2) is 35.9 Å². The van der Waals surface area contributed by atoms with Gasteiger partial charge in [0, 0.05) is 5.03 Å². The number of allylic oxidation sites excluding steroid dienone is 5. The molecule has 0 saturated heterocycles. The maximum absolute atomic E-state index is 5.72. The van der Waals surface area contributed by atoms with E-state index >= 15 is 0 Å². The summed E-state index contributed by atoms with van der Waals surface area (Å²) in [6.07, 6.45) is 8.94. The third kappa shape index (κ3) is 1.72. The Morgan fingerprint density at radius 2 is 2.56 bits per heavy atom. The summed E-state index contributed by atoms with van der Waals surface area (Å²) in [7, 11) is 0. The molecule has 48 valence electrons. The molecule has 0 aromatic carbocycles. The molecule has 0 nitrogen and oxygen atoms in total. The fourth-order valence-electron chi connectivity index (χ4n) is 0.830. The summed E-state index contributed by atoms with van der Waals surface area (Å²) in [5.41, 5.74) is 0. The van der Waals surface area contributed by atoms with Gasteiger partial charge in [0.2, 0.25) is 0 Å². The number of rotatable bonds is 1. The first-order valence-corrected chi connectivity index (χ1v) is 3.37. The van der Waals surface area contributed by atoms with E-state index in [0.29, 0.717) is 5.92 Å². The molecule has 0 N–H and O–H groups in total. The van der Waals surface area contributed by atoms with Crippen LogP contribution in [-0.2, 0) is 0 Å². The molecule has 0 spiro atoms. The van der Waals surface area contributed by atoms with Crippen molar-refractivity contribution in [3.05, 3.63) is 35.9 Å². The predicted molar refractivity (Wildman–Crippen MR) is 41.4 cm³/mol.